The van der Waals surface area contributed by atoms with Gasteiger partial charge in [0.15, 0.2) is 0 Å². The average molecular weight is 295 g/mol. The van der Waals surface area contributed by atoms with Crippen LogP contribution in [0.15, 0.2) is 0 Å². The molecule has 2 aliphatic rings. The number of piperidine rings is 1. The molecular formula is C17H33N3O. The Hall–Kier alpha value is -0.770. The van der Waals surface area contributed by atoms with Crippen molar-refractivity contribution in [2.45, 2.75) is 71.4 Å². The van der Waals surface area contributed by atoms with E-state index >= 15 is 0 Å². The Bertz CT molecular complexity index is 318. The fourth-order valence-electron chi connectivity index (χ4n) is 4.07. The van der Waals surface area contributed by atoms with Crippen molar-refractivity contribution in [3.63, 3.8) is 0 Å². The van der Waals surface area contributed by atoms with Crippen molar-refractivity contribution in [2.75, 3.05) is 19.6 Å². The van der Waals surface area contributed by atoms with E-state index in [1.807, 2.05) is 0 Å². The van der Waals surface area contributed by atoms with Crippen LogP contribution in [0.3, 0.4) is 0 Å². The molecule has 122 valence electrons. The molecule has 3 unspecified atom stereocenters. The number of hydrogen-bond acceptors (Lipinski definition) is 2. The number of nitrogens with one attached hydrogen (secondary N) is 2. The summed E-state index contributed by atoms with van der Waals surface area (Å²) in [5.41, 5.74) is 0. The topological polar surface area (TPSA) is 44.4 Å². The Morgan fingerprint density at radius 2 is 1.76 bits per heavy atom. The summed E-state index contributed by atoms with van der Waals surface area (Å²) in [5, 5.41) is 6.25. The molecule has 1 saturated carbocycles. The summed E-state index contributed by atoms with van der Waals surface area (Å²) in [6.07, 6.45) is 7.45. The minimum absolute atomic E-state index is 0.0208. The van der Waals surface area contributed by atoms with Gasteiger partial charge in [-0.3, -0.25) is 0 Å². The molecule has 0 aromatic carbocycles. The SMILES string of the molecule is CC1CC(C)CN(CC(C)NC(=O)NC2CCCCC2)C1. The summed E-state index contributed by atoms with van der Waals surface area (Å²) >= 11 is 0. The molecule has 1 saturated heterocycles. The highest BCUT2D eigenvalue weighted by molar-refractivity contribution is 5.74. The highest BCUT2D eigenvalue weighted by Crippen LogP contribution is 2.21. The van der Waals surface area contributed by atoms with E-state index in [2.05, 4.69) is 36.3 Å². The van der Waals surface area contributed by atoms with Crippen LogP contribution in [0.2, 0.25) is 0 Å². The van der Waals surface area contributed by atoms with E-state index in [9.17, 15) is 4.79 Å². The smallest absolute Gasteiger partial charge is 0.315 e. The first kappa shape index (κ1) is 16.6. The monoisotopic (exact) mass is 295 g/mol. The minimum Gasteiger partial charge on any atom is -0.335 e. The fraction of sp³-hybridized carbons (Fsp3) is 0.941. The molecule has 4 heteroatoms. The lowest BCUT2D eigenvalue weighted by Crippen LogP contribution is -2.51. The molecule has 0 radical (unpaired) electrons. The van der Waals surface area contributed by atoms with Gasteiger partial charge in [-0.05, 0) is 38.0 Å². The van der Waals surface area contributed by atoms with Gasteiger partial charge in [-0.25, -0.2) is 4.79 Å². The van der Waals surface area contributed by atoms with E-state index in [0.717, 1.165) is 31.2 Å². The highest BCUT2D eigenvalue weighted by atomic mass is 16.2. The van der Waals surface area contributed by atoms with Crippen LogP contribution in [0.25, 0.3) is 0 Å². The molecule has 3 atom stereocenters. The number of nitrogens with zero attached hydrogens (tertiary/aromatic N) is 1. The Morgan fingerprint density at radius 3 is 2.38 bits per heavy atom. The zero-order valence-electron chi connectivity index (χ0n) is 14.0. The summed E-state index contributed by atoms with van der Waals surface area (Å²) in [4.78, 5) is 14.6. The van der Waals surface area contributed by atoms with E-state index in [4.69, 9.17) is 0 Å². The van der Waals surface area contributed by atoms with Gasteiger partial charge in [0.1, 0.15) is 0 Å². The maximum absolute atomic E-state index is 12.1. The summed E-state index contributed by atoms with van der Waals surface area (Å²) in [7, 11) is 0. The third-order valence-electron chi connectivity index (χ3n) is 4.79. The first-order valence-corrected chi connectivity index (χ1v) is 8.82. The van der Waals surface area contributed by atoms with Gasteiger partial charge in [0, 0.05) is 31.7 Å². The van der Waals surface area contributed by atoms with E-state index < -0.39 is 0 Å². The van der Waals surface area contributed by atoms with Gasteiger partial charge in [0.05, 0.1) is 0 Å². The number of rotatable bonds is 4. The first-order chi connectivity index (χ1) is 10.0. The van der Waals surface area contributed by atoms with Crippen molar-refractivity contribution in [2.24, 2.45) is 11.8 Å². The van der Waals surface area contributed by atoms with E-state index in [-0.39, 0.29) is 12.1 Å². The molecule has 1 aliphatic carbocycles. The highest BCUT2D eigenvalue weighted by Gasteiger charge is 2.23. The molecule has 0 bridgehead atoms. The van der Waals surface area contributed by atoms with Gasteiger partial charge < -0.3 is 15.5 Å². The average Bonchev–Trinajstić information content (AvgIpc) is 2.37. The molecule has 2 N–H and O–H groups in total. The van der Waals surface area contributed by atoms with Crippen molar-refractivity contribution < 1.29 is 4.79 Å². The van der Waals surface area contributed by atoms with E-state index in [1.165, 1.54) is 38.8 Å². The van der Waals surface area contributed by atoms with Crippen LogP contribution in [0, 0.1) is 11.8 Å². The number of carbonyl (C=O) groups is 1. The lowest BCUT2D eigenvalue weighted by Gasteiger charge is -2.36. The summed E-state index contributed by atoms with van der Waals surface area (Å²) < 4.78 is 0. The van der Waals surface area contributed by atoms with Crippen LogP contribution >= 0.6 is 0 Å². The second kappa shape index (κ2) is 8.02. The third-order valence-corrected chi connectivity index (χ3v) is 4.79. The molecule has 21 heavy (non-hydrogen) atoms. The Morgan fingerprint density at radius 1 is 1.14 bits per heavy atom. The number of carbonyl (C=O) groups excluding carboxylic acids is 1. The molecule has 2 rings (SSSR count). The molecule has 2 fully saturated rings. The molecule has 4 nitrogen and oxygen atoms in total. The summed E-state index contributed by atoms with van der Waals surface area (Å²) in [5.74, 6) is 1.55. The Labute approximate surface area is 130 Å². The molecule has 0 aromatic rings. The number of hydrogen-bond donors (Lipinski definition) is 2. The molecule has 0 spiro atoms. The minimum atomic E-state index is 0.0208. The lowest BCUT2D eigenvalue weighted by atomic mass is 9.92. The first-order valence-electron chi connectivity index (χ1n) is 8.82. The second-order valence-corrected chi connectivity index (χ2v) is 7.52. The Kier molecular flexibility index (Phi) is 6.34. The predicted molar refractivity (Wildman–Crippen MR) is 87.4 cm³/mol. The van der Waals surface area contributed by atoms with Gasteiger partial charge in [-0.2, -0.15) is 0 Å². The molecule has 1 aliphatic heterocycles. The Balaban J connectivity index is 1.68. The molecule has 0 aromatic heterocycles. The van der Waals surface area contributed by atoms with Gasteiger partial charge >= 0.3 is 6.03 Å². The van der Waals surface area contributed by atoms with Crippen LogP contribution in [-0.2, 0) is 0 Å². The van der Waals surface area contributed by atoms with Crippen molar-refractivity contribution >= 4 is 6.03 Å². The van der Waals surface area contributed by atoms with Gasteiger partial charge in [-0.15, -0.1) is 0 Å². The van der Waals surface area contributed by atoms with Crippen LogP contribution in [0.1, 0.15) is 59.3 Å². The zero-order valence-corrected chi connectivity index (χ0v) is 14.0. The number of urea groups is 1. The maximum atomic E-state index is 12.1. The second-order valence-electron chi connectivity index (χ2n) is 7.52. The molecular weight excluding hydrogens is 262 g/mol. The quantitative estimate of drug-likeness (QED) is 0.837. The van der Waals surface area contributed by atoms with Crippen molar-refractivity contribution in [1.29, 1.82) is 0 Å². The van der Waals surface area contributed by atoms with Crippen LogP contribution in [0.4, 0.5) is 4.79 Å². The molecule has 1 heterocycles. The van der Waals surface area contributed by atoms with Gasteiger partial charge in [-0.1, -0.05) is 33.1 Å². The fourth-order valence-corrected chi connectivity index (χ4v) is 4.07. The lowest BCUT2D eigenvalue weighted by molar-refractivity contribution is 0.131. The zero-order chi connectivity index (χ0) is 15.2. The van der Waals surface area contributed by atoms with Gasteiger partial charge in [0.2, 0.25) is 0 Å². The van der Waals surface area contributed by atoms with Crippen LogP contribution in [0.5, 0.6) is 0 Å². The number of likely N-dealkylation sites (tertiary alicyclic amines) is 1. The van der Waals surface area contributed by atoms with Gasteiger partial charge in [0.25, 0.3) is 0 Å². The predicted octanol–water partition coefficient (Wildman–Crippen LogP) is 2.98. The summed E-state index contributed by atoms with van der Waals surface area (Å²) in [6.45, 7) is 10.1. The van der Waals surface area contributed by atoms with E-state index in [1.54, 1.807) is 0 Å². The standard InChI is InChI=1S/C17H33N3O/c1-13-9-14(2)11-20(10-13)12-15(3)18-17(21)19-16-7-5-4-6-8-16/h13-16H,4-12H2,1-3H3,(H2,18,19,21). The van der Waals surface area contributed by atoms with E-state index in [0.29, 0.717) is 6.04 Å². The summed E-state index contributed by atoms with van der Waals surface area (Å²) in [6, 6.07) is 0.625. The van der Waals surface area contributed by atoms with Crippen molar-refractivity contribution in [1.82, 2.24) is 15.5 Å². The van der Waals surface area contributed by atoms with Crippen LogP contribution in [-0.4, -0.2) is 42.6 Å². The van der Waals surface area contributed by atoms with Crippen LogP contribution < -0.4 is 10.6 Å². The van der Waals surface area contributed by atoms with Crippen molar-refractivity contribution in [3.8, 4) is 0 Å². The third kappa shape index (κ3) is 5.85. The number of amides is 2. The maximum Gasteiger partial charge on any atom is 0.315 e. The van der Waals surface area contributed by atoms with Crippen molar-refractivity contribution in [3.05, 3.63) is 0 Å². The normalized spacial score (nSPS) is 29.9. The largest absolute Gasteiger partial charge is 0.335 e. The molecule has 2 amide bonds.